The van der Waals surface area contributed by atoms with Crippen LogP contribution in [0.25, 0.3) is 0 Å². The van der Waals surface area contributed by atoms with Crippen LogP contribution in [-0.2, 0) is 18.9 Å². The Hall–Kier alpha value is -0.160. The normalized spacial score (nSPS) is 32.4. The molecule has 0 radical (unpaired) electrons. The van der Waals surface area contributed by atoms with E-state index >= 15 is 0 Å². The maximum absolute atomic E-state index is 5.74. The van der Waals surface area contributed by atoms with Crippen LogP contribution in [0.2, 0.25) is 0 Å². The molecule has 0 spiro atoms. The summed E-state index contributed by atoms with van der Waals surface area (Å²) in [5.74, 6) is 0. The second-order valence-electron chi connectivity index (χ2n) is 4.33. The second-order valence-corrected chi connectivity index (χ2v) is 4.33. The van der Waals surface area contributed by atoms with Gasteiger partial charge < -0.3 is 18.9 Å². The Morgan fingerprint density at radius 2 is 1.81 bits per heavy atom. The Kier molecular flexibility index (Phi) is 5.03. The van der Waals surface area contributed by atoms with Gasteiger partial charge in [-0.3, -0.25) is 0 Å². The fourth-order valence-electron chi connectivity index (χ4n) is 2.16. The SMILES string of the molecule is CCOCCOCCOC1CCC2OC2C1. The van der Waals surface area contributed by atoms with E-state index in [0.717, 1.165) is 19.4 Å². The molecule has 4 heteroatoms. The van der Waals surface area contributed by atoms with Crippen molar-refractivity contribution in [1.29, 1.82) is 0 Å². The maximum atomic E-state index is 5.74. The molecule has 0 aromatic heterocycles. The average Bonchev–Trinajstić information content (AvgIpc) is 3.06. The van der Waals surface area contributed by atoms with Gasteiger partial charge >= 0.3 is 0 Å². The third kappa shape index (κ3) is 4.01. The van der Waals surface area contributed by atoms with Crippen molar-refractivity contribution in [2.24, 2.45) is 0 Å². The lowest BCUT2D eigenvalue weighted by Gasteiger charge is -2.19. The molecule has 4 nitrogen and oxygen atoms in total. The number of epoxide rings is 1. The molecule has 0 aromatic rings. The third-order valence-corrected chi connectivity index (χ3v) is 3.11. The third-order valence-electron chi connectivity index (χ3n) is 3.11. The average molecular weight is 230 g/mol. The molecule has 16 heavy (non-hydrogen) atoms. The maximum Gasteiger partial charge on any atom is 0.0866 e. The summed E-state index contributed by atoms with van der Waals surface area (Å²) in [7, 11) is 0. The second kappa shape index (κ2) is 6.55. The smallest absolute Gasteiger partial charge is 0.0866 e. The summed E-state index contributed by atoms with van der Waals surface area (Å²) in [6.45, 7) is 5.43. The number of hydrogen-bond donors (Lipinski definition) is 0. The highest BCUT2D eigenvalue weighted by atomic mass is 16.6. The van der Waals surface area contributed by atoms with Crippen LogP contribution in [0.3, 0.4) is 0 Å². The van der Waals surface area contributed by atoms with Gasteiger partial charge in [-0.2, -0.15) is 0 Å². The predicted octanol–water partition coefficient (Wildman–Crippen LogP) is 1.38. The van der Waals surface area contributed by atoms with Gasteiger partial charge in [0.25, 0.3) is 0 Å². The Balaban J connectivity index is 1.39. The lowest BCUT2D eigenvalue weighted by Crippen LogP contribution is -2.23. The molecular weight excluding hydrogens is 208 g/mol. The molecule has 3 unspecified atom stereocenters. The molecule has 0 bridgehead atoms. The molecule has 0 N–H and O–H groups in total. The molecule has 94 valence electrons. The van der Waals surface area contributed by atoms with E-state index in [2.05, 4.69) is 0 Å². The van der Waals surface area contributed by atoms with Crippen molar-refractivity contribution in [1.82, 2.24) is 0 Å². The first-order valence-electron chi connectivity index (χ1n) is 6.32. The van der Waals surface area contributed by atoms with Crippen LogP contribution in [0, 0.1) is 0 Å². The van der Waals surface area contributed by atoms with E-state index in [4.69, 9.17) is 18.9 Å². The minimum absolute atomic E-state index is 0.388. The van der Waals surface area contributed by atoms with Crippen LogP contribution in [-0.4, -0.2) is 51.3 Å². The van der Waals surface area contributed by atoms with Crippen molar-refractivity contribution in [3.8, 4) is 0 Å². The predicted molar refractivity (Wildman–Crippen MR) is 59.6 cm³/mol. The van der Waals surface area contributed by atoms with Gasteiger partial charge in [-0.15, -0.1) is 0 Å². The summed E-state index contributed by atoms with van der Waals surface area (Å²) in [6, 6.07) is 0. The molecule has 1 saturated heterocycles. The van der Waals surface area contributed by atoms with Gasteiger partial charge in [-0.05, 0) is 19.8 Å². The summed E-state index contributed by atoms with van der Waals surface area (Å²) in [4.78, 5) is 0. The number of hydrogen-bond acceptors (Lipinski definition) is 4. The van der Waals surface area contributed by atoms with Crippen molar-refractivity contribution in [3.05, 3.63) is 0 Å². The van der Waals surface area contributed by atoms with Gasteiger partial charge in [0.05, 0.1) is 44.7 Å². The van der Waals surface area contributed by atoms with Crippen molar-refractivity contribution in [2.45, 2.75) is 44.5 Å². The van der Waals surface area contributed by atoms with Gasteiger partial charge in [0.2, 0.25) is 0 Å². The Labute approximate surface area is 97.2 Å². The lowest BCUT2D eigenvalue weighted by atomic mass is 9.98. The van der Waals surface area contributed by atoms with Crippen LogP contribution in [0.4, 0.5) is 0 Å². The number of fused-ring (bicyclic) bond motifs is 1. The van der Waals surface area contributed by atoms with Crippen LogP contribution in [0.5, 0.6) is 0 Å². The van der Waals surface area contributed by atoms with E-state index in [9.17, 15) is 0 Å². The highest BCUT2D eigenvalue weighted by Gasteiger charge is 2.44. The minimum Gasteiger partial charge on any atom is -0.379 e. The fourth-order valence-corrected chi connectivity index (χ4v) is 2.16. The number of rotatable bonds is 8. The van der Waals surface area contributed by atoms with E-state index in [-0.39, 0.29) is 0 Å². The monoisotopic (exact) mass is 230 g/mol. The van der Waals surface area contributed by atoms with Gasteiger partial charge in [-0.25, -0.2) is 0 Å². The van der Waals surface area contributed by atoms with Crippen LogP contribution in [0.15, 0.2) is 0 Å². The van der Waals surface area contributed by atoms with Gasteiger partial charge in [0.1, 0.15) is 0 Å². The van der Waals surface area contributed by atoms with E-state index in [1.54, 1.807) is 0 Å². The summed E-state index contributed by atoms with van der Waals surface area (Å²) < 4.78 is 21.7. The lowest BCUT2D eigenvalue weighted by molar-refractivity contribution is -0.0188. The Morgan fingerprint density at radius 3 is 2.62 bits per heavy atom. The van der Waals surface area contributed by atoms with Crippen molar-refractivity contribution in [3.63, 3.8) is 0 Å². The van der Waals surface area contributed by atoms with Crippen molar-refractivity contribution >= 4 is 0 Å². The Morgan fingerprint density at radius 1 is 1.00 bits per heavy atom. The first-order valence-corrected chi connectivity index (χ1v) is 6.32. The molecule has 2 rings (SSSR count). The zero-order chi connectivity index (χ0) is 11.2. The van der Waals surface area contributed by atoms with Gasteiger partial charge in [0, 0.05) is 13.0 Å². The van der Waals surface area contributed by atoms with E-state index in [1.807, 2.05) is 6.92 Å². The highest BCUT2D eigenvalue weighted by Crippen LogP contribution is 2.37. The zero-order valence-corrected chi connectivity index (χ0v) is 10.0. The molecular formula is C12H22O4. The van der Waals surface area contributed by atoms with Gasteiger partial charge in [-0.1, -0.05) is 0 Å². The van der Waals surface area contributed by atoms with E-state index in [1.165, 1.54) is 6.42 Å². The largest absolute Gasteiger partial charge is 0.379 e. The van der Waals surface area contributed by atoms with Crippen LogP contribution in [0.1, 0.15) is 26.2 Å². The van der Waals surface area contributed by atoms with Crippen molar-refractivity contribution in [2.75, 3.05) is 33.0 Å². The molecule has 1 aliphatic heterocycles. The molecule has 1 heterocycles. The first kappa shape index (κ1) is 12.3. The first-order chi connectivity index (χ1) is 7.90. The Bertz CT molecular complexity index is 197. The molecule has 2 aliphatic rings. The molecule has 1 saturated carbocycles. The fraction of sp³-hybridized carbons (Fsp3) is 1.00. The molecule has 0 amide bonds. The van der Waals surface area contributed by atoms with Crippen LogP contribution < -0.4 is 0 Å². The standard InChI is InChI=1S/C12H22O4/c1-2-13-5-6-14-7-8-15-10-3-4-11-12(9-10)16-11/h10-12H,2-9H2,1H3. The van der Waals surface area contributed by atoms with E-state index < -0.39 is 0 Å². The summed E-state index contributed by atoms with van der Waals surface area (Å²) in [6.07, 6.45) is 4.82. The zero-order valence-electron chi connectivity index (χ0n) is 10.0. The molecule has 2 fully saturated rings. The van der Waals surface area contributed by atoms with Crippen molar-refractivity contribution < 1.29 is 18.9 Å². The topological polar surface area (TPSA) is 40.2 Å². The van der Waals surface area contributed by atoms with E-state index in [0.29, 0.717) is 44.7 Å². The van der Waals surface area contributed by atoms with Gasteiger partial charge in [0.15, 0.2) is 0 Å². The number of ether oxygens (including phenoxy) is 4. The summed E-state index contributed by atoms with van der Waals surface area (Å²) in [5.41, 5.74) is 0. The minimum atomic E-state index is 0.388. The highest BCUT2D eigenvalue weighted by molar-refractivity contribution is 4.92. The molecule has 1 aliphatic carbocycles. The quantitative estimate of drug-likeness (QED) is 0.466. The molecule has 3 atom stereocenters. The molecule has 0 aromatic carbocycles. The summed E-state index contributed by atoms with van der Waals surface area (Å²) >= 11 is 0. The summed E-state index contributed by atoms with van der Waals surface area (Å²) in [5, 5.41) is 0. The van der Waals surface area contributed by atoms with Crippen LogP contribution >= 0.6 is 0 Å².